The third-order valence-corrected chi connectivity index (χ3v) is 2.11. The summed E-state index contributed by atoms with van der Waals surface area (Å²) in [6, 6.07) is 8.51. The second-order valence-electron chi connectivity index (χ2n) is 2.74. The lowest BCUT2D eigenvalue weighted by molar-refractivity contribution is 0.458. The SMILES string of the molecule is O=S(O)Oc1ccc(-n2cccn2)cc1. The van der Waals surface area contributed by atoms with Crippen LogP contribution in [-0.2, 0) is 11.4 Å². The Bertz CT molecular complexity index is 453. The van der Waals surface area contributed by atoms with Crippen LogP contribution in [0.2, 0.25) is 0 Å². The van der Waals surface area contributed by atoms with Gasteiger partial charge in [-0.2, -0.15) is 9.31 Å². The topological polar surface area (TPSA) is 64.3 Å². The molecule has 2 aromatic rings. The first-order chi connectivity index (χ1) is 7.25. The molecule has 0 fully saturated rings. The van der Waals surface area contributed by atoms with Gasteiger partial charge in [0.25, 0.3) is 0 Å². The van der Waals surface area contributed by atoms with E-state index in [-0.39, 0.29) is 0 Å². The fraction of sp³-hybridized carbons (Fsp3) is 0. The summed E-state index contributed by atoms with van der Waals surface area (Å²) in [5, 5.41) is 4.04. The van der Waals surface area contributed by atoms with Crippen molar-refractivity contribution in [2.45, 2.75) is 0 Å². The van der Waals surface area contributed by atoms with Crippen molar-refractivity contribution in [1.82, 2.24) is 9.78 Å². The summed E-state index contributed by atoms with van der Waals surface area (Å²) in [5.74, 6) is 0.340. The predicted octanol–water partition coefficient (Wildman–Crippen LogP) is 1.39. The van der Waals surface area contributed by atoms with Gasteiger partial charge in [-0.1, -0.05) is 0 Å². The van der Waals surface area contributed by atoms with Crippen molar-refractivity contribution in [2.75, 3.05) is 0 Å². The van der Waals surface area contributed by atoms with E-state index in [4.69, 9.17) is 4.55 Å². The average Bonchev–Trinajstić information content (AvgIpc) is 2.71. The molecule has 0 aliphatic rings. The monoisotopic (exact) mass is 224 g/mol. The van der Waals surface area contributed by atoms with Crippen molar-refractivity contribution >= 4 is 11.4 Å². The second-order valence-corrected chi connectivity index (χ2v) is 3.35. The van der Waals surface area contributed by atoms with Crippen LogP contribution in [0, 0.1) is 0 Å². The highest BCUT2D eigenvalue weighted by Gasteiger charge is 1.99. The van der Waals surface area contributed by atoms with E-state index in [9.17, 15) is 4.21 Å². The maximum atomic E-state index is 10.4. The summed E-state index contributed by atoms with van der Waals surface area (Å²) in [7, 11) is 0. The largest absolute Gasteiger partial charge is 0.380 e. The van der Waals surface area contributed by atoms with Crippen LogP contribution >= 0.6 is 0 Å². The van der Waals surface area contributed by atoms with E-state index < -0.39 is 11.4 Å². The summed E-state index contributed by atoms with van der Waals surface area (Å²) in [5.41, 5.74) is 0.857. The number of hydrogen-bond acceptors (Lipinski definition) is 3. The third kappa shape index (κ3) is 2.42. The van der Waals surface area contributed by atoms with E-state index in [2.05, 4.69) is 9.28 Å². The zero-order valence-electron chi connectivity index (χ0n) is 7.61. The van der Waals surface area contributed by atoms with Crippen LogP contribution in [0.4, 0.5) is 0 Å². The van der Waals surface area contributed by atoms with Gasteiger partial charge >= 0.3 is 11.4 Å². The van der Waals surface area contributed by atoms with Crippen LogP contribution in [0.25, 0.3) is 5.69 Å². The number of benzene rings is 1. The van der Waals surface area contributed by atoms with Crippen molar-refractivity contribution in [3.8, 4) is 11.4 Å². The minimum Gasteiger partial charge on any atom is -0.380 e. The Labute approximate surface area is 88.8 Å². The summed E-state index contributed by atoms with van der Waals surface area (Å²) < 4.78 is 25.1. The van der Waals surface area contributed by atoms with E-state index in [0.717, 1.165) is 5.69 Å². The predicted molar refractivity (Wildman–Crippen MR) is 55.0 cm³/mol. The Morgan fingerprint density at radius 2 is 2.07 bits per heavy atom. The van der Waals surface area contributed by atoms with E-state index in [1.54, 1.807) is 41.3 Å². The summed E-state index contributed by atoms with van der Waals surface area (Å²) in [4.78, 5) is 0. The van der Waals surface area contributed by atoms with Gasteiger partial charge in [0.1, 0.15) is 5.75 Å². The quantitative estimate of drug-likeness (QED) is 0.800. The van der Waals surface area contributed by atoms with Gasteiger partial charge in [-0.3, -0.25) is 4.55 Å². The molecule has 1 heterocycles. The number of rotatable bonds is 3. The van der Waals surface area contributed by atoms with Crippen LogP contribution in [0.5, 0.6) is 5.75 Å². The molecular formula is C9H8N2O3S. The maximum absolute atomic E-state index is 10.4. The van der Waals surface area contributed by atoms with Gasteiger partial charge in [-0.25, -0.2) is 4.68 Å². The fourth-order valence-corrected chi connectivity index (χ4v) is 1.43. The van der Waals surface area contributed by atoms with Gasteiger partial charge in [0, 0.05) is 12.4 Å². The van der Waals surface area contributed by atoms with E-state index >= 15 is 0 Å². The van der Waals surface area contributed by atoms with E-state index in [0.29, 0.717) is 5.75 Å². The van der Waals surface area contributed by atoms with Gasteiger partial charge in [-0.15, -0.1) is 0 Å². The summed E-state index contributed by atoms with van der Waals surface area (Å²) >= 11 is -2.28. The lowest BCUT2D eigenvalue weighted by Crippen LogP contribution is -1.98. The molecule has 1 N–H and O–H groups in total. The zero-order valence-corrected chi connectivity index (χ0v) is 8.42. The molecule has 0 aliphatic heterocycles. The lowest BCUT2D eigenvalue weighted by Gasteiger charge is -2.02. The Morgan fingerprint density at radius 1 is 1.33 bits per heavy atom. The van der Waals surface area contributed by atoms with Crippen LogP contribution in [0.3, 0.4) is 0 Å². The maximum Gasteiger partial charge on any atom is 0.357 e. The zero-order chi connectivity index (χ0) is 10.7. The average molecular weight is 224 g/mol. The number of nitrogens with zero attached hydrogens (tertiary/aromatic N) is 2. The molecule has 0 bridgehead atoms. The highest BCUT2D eigenvalue weighted by Crippen LogP contribution is 2.14. The van der Waals surface area contributed by atoms with Crippen LogP contribution in [-0.4, -0.2) is 18.5 Å². The molecule has 0 aliphatic carbocycles. The van der Waals surface area contributed by atoms with Crippen LogP contribution < -0.4 is 4.18 Å². The third-order valence-electron chi connectivity index (χ3n) is 1.77. The number of hydrogen-bond donors (Lipinski definition) is 1. The van der Waals surface area contributed by atoms with E-state index in [1.807, 2.05) is 6.07 Å². The van der Waals surface area contributed by atoms with Crippen molar-refractivity contribution < 1.29 is 12.9 Å². The van der Waals surface area contributed by atoms with Crippen molar-refractivity contribution in [3.05, 3.63) is 42.7 Å². The van der Waals surface area contributed by atoms with Crippen LogP contribution in [0.1, 0.15) is 0 Å². The van der Waals surface area contributed by atoms with Gasteiger partial charge in [0.15, 0.2) is 0 Å². The van der Waals surface area contributed by atoms with Gasteiger partial charge in [-0.05, 0) is 30.3 Å². The molecule has 2 rings (SSSR count). The van der Waals surface area contributed by atoms with Crippen molar-refractivity contribution in [3.63, 3.8) is 0 Å². The molecule has 15 heavy (non-hydrogen) atoms. The number of aromatic nitrogens is 2. The Hall–Kier alpha value is -1.66. The van der Waals surface area contributed by atoms with Crippen LogP contribution in [0.15, 0.2) is 42.7 Å². The summed E-state index contributed by atoms with van der Waals surface area (Å²) in [6.45, 7) is 0. The minimum absolute atomic E-state index is 0.340. The molecule has 0 spiro atoms. The summed E-state index contributed by atoms with van der Waals surface area (Å²) in [6.07, 6.45) is 3.48. The highest BCUT2D eigenvalue weighted by molar-refractivity contribution is 7.74. The molecule has 6 heteroatoms. The Kier molecular flexibility index (Phi) is 2.79. The molecule has 1 unspecified atom stereocenters. The lowest BCUT2D eigenvalue weighted by atomic mass is 10.3. The minimum atomic E-state index is -2.28. The first-order valence-electron chi connectivity index (χ1n) is 4.15. The molecule has 0 saturated heterocycles. The molecule has 0 saturated carbocycles. The second kappa shape index (κ2) is 4.24. The molecule has 1 aromatic heterocycles. The molecule has 0 amide bonds. The standard InChI is InChI=1S/C9H8N2O3S/c12-15(13)14-9-4-2-8(3-5-9)11-7-1-6-10-11/h1-7H,(H,12,13). The van der Waals surface area contributed by atoms with Crippen molar-refractivity contribution in [2.24, 2.45) is 0 Å². The normalized spacial score (nSPS) is 12.3. The molecule has 0 radical (unpaired) electrons. The Balaban J connectivity index is 2.21. The molecule has 78 valence electrons. The van der Waals surface area contributed by atoms with E-state index in [1.165, 1.54) is 0 Å². The highest BCUT2D eigenvalue weighted by atomic mass is 32.2. The fourth-order valence-electron chi connectivity index (χ4n) is 1.16. The van der Waals surface area contributed by atoms with Gasteiger partial charge in [0.05, 0.1) is 5.69 Å². The van der Waals surface area contributed by atoms with Crippen molar-refractivity contribution in [1.29, 1.82) is 0 Å². The van der Waals surface area contributed by atoms with Gasteiger partial charge < -0.3 is 4.18 Å². The first kappa shape index (κ1) is 9.88. The smallest absolute Gasteiger partial charge is 0.357 e. The first-order valence-corrected chi connectivity index (χ1v) is 5.18. The molecular weight excluding hydrogens is 216 g/mol. The molecule has 1 aromatic carbocycles. The molecule has 1 atom stereocenters. The Morgan fingerprint density at radius 3 is 2.60 bits per heavy atom. The van der Waals surface area contributed by atoms with Gasteiger partial charge in [0.2, 0.25) is 0 Å². The molecule has 5 nitrogen and oxygen atoms in total.